The minimum absolute atomic E-state index is 0.0868. The molecule has 5 heteroatoms. The van der Waals surface area contributed by atoms with Gasteiger partial charge in [-0.25, -0.2) is 8.78 Å². The van der Waals surface area contributed by atoms with E-state index in [1.807, 2.05) is 24.3 Å². The maximum atomic E-state index is 13.3. The quantitative estimate of drug-likeness (QED) is 0.798. The molecule has 2 aromatic carbocycles. The molecule has 3 nitrogen and oxygen atoms in total. The summed E-state index contributed by atoms with van der Waals surface area (Å²) in [4.78, 5) is 2.39. The van der Waals surface area contributed by atoms with Crippen molar-refractivity contribution in [3.63, 3.8) is 0 Å². The molecule has 1 saturated heterocycles. The summed E-state index contributed by atoms with van der Waals surface area (Å²) in [5.74, 6) is -0.366. The topological polar surface area (TPSA) is 38.5 Å². The van der Waals surface area contributed by atoms with Crippen LogP contribution in [0.2, 0.25) is 0 Å². The summed E-state index contributed by atoms with van der Waals surface area (Å²) in [5, 5.41) is 0. The minimum atomic E-state index is -0.244. The molecule has 2 aromatic rings. The lowest BCUT2D eigenvalue weighted by molar-refractivity contribution is 0.0163. The zero-order valence-corrected chi connectivity index (χ0v) is 15.8. The van der Waals surface area contributed by atoms with Gasteiger partial charge in [0.1, 0.15) is 11.6 Å². The summed E-state index contributed by atoms with van der Waals surface area (Å²) in [7, 11) is 1.72. The number of ether oxygens (including phenoxy) is 1. The summed E-state index contributed by atoms with van der Waals surface area (Å²) in [6.45, 7) is 2.81. The monoisotopic (exact) mass is 374 g/mol. The van der Waals surface area contributed by atoms with Crippen molar-refractivity contribution in [2.45, 2.75) is 37.3 Å². The highest BCUT2D eigenvalue weighted by Crippen LogP contribution is 2.30. The number of likely N-dealkylation sites (tertiary alicyclic amines) is 1. The molecule has 146 valence electrons. The van der Waals surface area contributed by atoms with Gasteiger partial charge >= 0.3 is 0 Å². The van der Waals surface area contributed by atoms with Crippen LogP contribution in [0.4, 0.5) is 8.78 Å². The normalized spacial score (nSPS) is 20.9. The second-order valence-electron chi connectivity index (χ2n) is 7.33. The first-order chi connectivity index (χ1) is 13.1. The van der Waals surface area contributed by atoms with Crippen LogP contribution in [-0.2, 0) is 4.74 Å². The Morgan fingerprint density at radius 2 is 1.59 bits per heavy atom. The van der Waals surface area contributed by atoms with E-state index in [4.69, 9.17) is 10.5 Å². The molecule has 0 amide bonds. The van der Waals surface area contributed by atoms with E-state index in [1.165, 1.54) is 24.3 Å². The predicted octanol–water partition coefficient (Wildman–Crippen LogP) is 3.92. The Morgan fingerprint density at radius 3 is 2.11 bits per heavy atom. The number of nitrogens with zero attached hydrogens (tertiary/aromatic N) is 1. The molecule has 0 aromatic heterocycles. The molecular weight excluding hydrogens is 346 g/mol. The van der Waals surface area contributed by atoms with Crippen molar-refractivity contribution in [2.24, 2.45) is 5.73 Å². The van der Waals surface area contributed by atoms with E-state index in [2.05, 4.69) is 4.90 Å². The maximum Gasteiger partial charge on any atom is 0.123 e. The third-order valence-corrected chi connectivity index (χ3v) is 5.51. The van der Waals surface area contributed by atoms with Gasteiger partial charge in [-0.1, -0.05) is 24.3 Å². The van der Waals surface area contributed by atoms with E-state index in [1.54, 1.807) is 7.11 Å². The number of benzene rings is 2. The lowest BCUT2D eigenvalue weighted by Gasteiger charge is -2.36. The number of hydrogen-bond donors (Lipinski definition) is 1. The smallest absolute Gasteiger partial charge is 0.123 e. The van der Waals surface area contributed by atoms with Gasteiger partial charge < -0.3 is 15.4 Å². The minimum Gasteiger partial charge on any atom is -0.379 e. The molecule has 0 saturated carbocycles. The Morgan fingerprint density at radius 1 is 1.04 bits per heavy atom. The number of methoxy groups -OCH3 is 1. The van der Waals surface area contributed by atoms with E-state index in [0.29, 0.717) is 0 Å². The predicted molar refractivity (Wildman–Crippen MR) is 104 cm³/mol. The standard InChI is InChI=1S/C22H28F2N2O/c1-27-22-15-26(14-12-21(22)25)13-2-3-20(16-4-8-18(23)9-5-16)17-6-10-19(24)11-7-17/h4-11,20-22H,2-3,12-15,25H2,1H3/t21-,22-/m1/s1. The number of halogens is 2. The molecule has 0 radical (unpaired) electrons. The maximum absolute atomic E-state index is 13.3. The summed E-state index contributed by atoms with van der Waals surface area (Å²) in [6, 6.07) is 13.4. The largest absolute Gasteiger partial charge is 0.379 e. The zero-order chi connectivity index (χ0) is 19.2. The second kappa shape index (κ2) is 9.40. The van der Waals surface area contributed by atoms with E-state index in [9.17, 15) is 8.78 Å². The molecule has 0 aliphatic carbocycles. The number of rotatable bonds is 7. The summed E-state index contributed by atoms with van der Waals surface area (Å²) in [5.41, 5.74) is 8.20. The van der Waals surface area contributed by atoms with Crippen molar-refractivity contribution in [1.82, 2.24) is 4.90 Å². The van der Waals surface area contributed by atoms with Crippen LogP contribution >= 0.6 is 0 Å². The summed E-state index contributed by atoms with van der Waals surface area (Å²) < 4.78 is 32.1. The highest BCUT2D eigenvalue weighted by molar-refractivity contribution is 5.32. The van der Waals surface area contributed by atoms with Crippen LogP contribution in [0.25, 0.3) is 0 Å². The van der Waals surface area contributed by atoms with Gasteiger partial charge in [-0.05, 0) is 67.7 Å². The molecule has 1 aliphatic rings. The first-order valence-electron chi connectivity index (χ1n) is 9.58. The SMILES string of the molecule is CO[C@@H]1CN(CCCC(c2ccc(F)cc2)c2ccc(F)cc2)CC[C@H]1N. The molecule has 0 spiro atoms. The van der Waals surface area contributed by atoms with Crippen molar-refractivity contribution in [3.05, 3.63) is 71.3 Å². The highest BCUT2D eigenvalue weighted by Gasteiger charge is 2.26. The first-order valence-corrected chi connectivity index (χ1v) is 9.58. The zero-order valence-electron chi connectivity index (χ0n) is 15.8. The Kier molecular flexibility index (Phi) is 6.94. The Balaban J connectivity index is 1.65. The van der Waals surface area contributed by atoms with Gasteiger partial charge in [-0.3, -0.25) is 0 Å². The van der Waals surface area contributed by atoms with Crippen molar-refractivity contribution >= 4 is 0 Å². The van der Waals surface area contributed by atoms with E-state index in [0.717, 1.165) is 50.0 Å². The molecule has 1 fully saturated rings. The van der Waals surface area contributed by atoms with Crippen molar-refractivity contribution in [1.29, 1.82) is 0 Å². The van der Waals surface area contributed by atoms with Crippen molar-refractivity contribution in [3.8, 4) is 0 Å². The van der Waals surface area contributed by atoms with Crippen molar-refractivity contribution in [2.75, 3.05) is 26.7 Å². The van der Waals surface area contributed by atoms with Crippen LogP contribution in [0.15, 0.2) is 48.5 Å². The number of nitrogens with two attached hydrogens (primary N) is 1. The van der Waals surface area contributed by atoms with Crippen LogP contribution in [0.3, 0.4) is 0 Å². The highest BCUT2D eigenvalue weighted by atomic mass is 19.1. The van der Waals surface area contributed by atoms with Crippen LogP contribution in [0.1, 0.15) is 36.3 Å². The summed E-state index contributed by atoms with van der Waals surface area (Å²) >= 11 is 0. The molecule has 27 heavy (non-hydrogen) atoms. The van der Waals surface area contributed by atoms with Crippen LogP contribution in [0, 0.1) is 11.6 Å². The van der Waals surface area contributed by atoms with Crippen molar-refractivity contribution < 1.29 is 13.5 Å². The van der Waals surface area contributed by atoms with Crippen LogP contribution in [-0.4, -0.2) is 43.8 Å². The van der Waals surface area contributed by atoms with E-state index >= 15 is 0 Å². The molecule has 0 bridgehead atoms. The molecule has 3 rings (SSSR count). The fourth-order valence-corrected chi connectivity index (χ4v) is 3.89. The average molecular weight is 374 g/mol. The van der Waals surface area contributed by atoms with Gasteiger partial charge in [0.15, 0.2) is 0 Å². The van der Waals surface area contributed by atoms with Gasteiger partial charge in [0.05, 0.1) is 6.10 Å². The van der Waals surface area contributed by atoms with Crippen LogP contribution in [0.5, 0.6) is 0 Å². The van der Waals surface area contributed by atoms with Gasteiger partial charge in [0.25, 0.3) is 0 Å². The molecular formula is C22H28F2N2O. The number of hydrogen-bond acceptors (Lipinski definition) is 3. The van der Waals surface area contributed by atoms with Crippen LogP contribution < -0.4 is 5.73 Å². The first kappa shape index (κ1) is 19.9. The van der Waals surface area contributed by atoms with Gasteiger partial charge in [0, 0.05) is 25.6 Å². The molecule has 2 atom stereocenters. The molecule has 1 heterocycles. The van der Waals surface area contributed by atoms with Gasteiger partial charge in [-0.2, -0.15) is 0 Å². The summed E-state index contributed by atoms with van der Waals surface area (Å²) in [6.07, 6.45) is 2.93. The average Bonchev–Trinajstić information content (AvgIpc) is 2.68. The third-order valence-electron chi connectivity index (χ3n) is 5.51. The lowest BCUT2D eigenvalue weighted by Crippen LogP contribution is -2.51. The Bertz CT molecular complexity index is 660. The lowest BCUT2D eigenvalue weighted by atomic mass is 9.87. The molecule has 2 N–H and O–H groups in total. The Labute approximate surface area is 160 Å². The van der Waals surface area contributed by atoms with E-state index < -0.39 is 0 Å². The fourth-order valence-electron chi connectivity index (χ4n) is 3.89. The van der Waals surface area contributed by atoms with E-state index in [-0.39, 0.29) is 29.7 Å². The van der Waals surface area contributed by atoms with Gasteiger partial charge in [0.2, 0.25) is 0 Å². The third kappa shape index (κ3) is 5.34. The molecule has 0 unspecified atom stereocenters. The second-order valence-corrected chi connectivity index (χ2v) is 7.33. The van der Waals surface area contributed by atoms with Gasteiger partial charge in [-0.15, -0.1) is 0 Å². The fraction of sp³-hybridized carbons (Fsp3) is 0.455. The molecule has 1 aliphatic heterocycles. The number of piperidine rings is 1. The Hall–Kier alpha value is -1.82.